The molecule has 2 aromatic heterocycles. The monoisotopic (exact) mass is 328 g/mol. The molecular weight excluding hydrogens is 304 g/mol. The Morgan fingerprint density at radius 3 is 2.91 bits per heavy atom. The van der Waals surface area contributed by atoms with Gasteiger partial charge in [0, 0.05) is 55.1 Å². The van der Waals surface area contributed by atoms with Gasteiger partial charge in [-0.15, -0.1) is 0 Å². The number of nitrogens with zero attached hydrogens (tertiary/aromatic N) is 3. The molecule has 1 N–H and O–H groups in total. The van der Waals surface area contributed by atoms with Crippen LogP contribution in [-0.2, 0) is 6.42 Å². The van der Waals surface area contributed by atoms with Crippen LogP contribution in [0.15, 0.2) is 30.7 Å². The summed E-state index contributed by atoms with van der Waals surface area (Å²) in [6.45, 7) is 5.41. The molecule has 0 saturated carbocycles. The minimum atomic E-state index is 0.282. The van der Waals surface area contributed by atoms with Crippen molar-refractivity contribution in [3.8, 4) is 11.1 Å². The molecule has 1 aliphatic heterocycles. The minimum absolute atomic E-state index is 0.282. The summed E-state index contributed by atoms with van der Waals surface area (Å²) in [6.07, 6.45) is 8.15. The number of nitrogens with one attached hydrogen (secondary N) is 1. The van der Waals surface area contributed by atoms with Gasteiger partial charge in [0.2, 0.25) is 0 Å². The molecule has 1 atom stereocenters. The van der Waals surface area contributed by atoms with Crippen LogP contribution >= 0.6 is 11.9 Å². The van der Waals surface area contributed by atoms with Gasteiger partial charge in [0.15, 0.2) is 0 Å². The van der Waals surface area contributed by atoms with E-state index in [0.717, 1.165) is 35.7 Å². The number of aryl methyl sites for hydroxylation is 1. The van der Waals surface area contributed by atoms with Gasteiger partial charge >= 0.3 is 0 Å². The summed E-state index contributed by atoms with van der Waals surface area (Å²) in [6, 6.07) is 4.78. The van der Waals surface area contributed by atoms with E-state index in [9.17, 15) is 0 Å². The molecule has 1 aliphatic rings. The molecule has 0 bridgehead atoms. The number of anilines is 1. The summed E-state index contributed by atoms with van der Waals surface area (Å²) in [7, 11) is 2.12. The van der Waals surface area contributed by atoms with Gasteiger partial charge in [0.1, 0.15) is 5.82 Å². The van der Waals surface area contributed by atoms with Crippen LogP contribution in [0.25, 0.3) is 11.1 Å². The SMILES string of the molecule is CCSNC(C)c1cncc(-c2cnc3c(c2)CCCN3C)c1. The van der Waals surface area contributed by atoms with E-state index >= 15 is 0 Å². The van der Waals surface area contributed by atoms with E-state index in [1.165, 1.54) is 17.5 Å². The maximum Gasteiger partial charge on any atom is 0.131 e. The zero-order valence-electron chi connectivity index (χ0n) is 14.0. The number of hydrogen-bond acceptors (Lipinski definition) is 5. The van der Waals surface area contributed by atoms with Crippen molar-refractivity contribution in [2.24, 2.45) is 0 Å². The Labute approximate surface area is 142 Å². The summed E-state index contributed by atoms with van der Waals surface area (Å²) >= 11 is 1.74. The van der Waals surface area contributed by atoms with Gasteiger partial charge in [0.05, 0.1) is 0 Å². The van der Waals surface area contributed by atoms with E-state index in [-0.39, 0.29) is 6.04 Å². The van der Waals surface area contributed by atoms with Crippen molar-refractivity contribution < 1.29 is 0 Å². The highest BCUT2D eigenvalue weighted by Crippen LogP contribution is 2.29. The molecule has 2 aromatic rings. The molecule has 0 saturated heterocycles. The molecule has 3 heterocycles. The van der Waals surface area contributed by atoms with Crippen LogP contribution in [-0.4, -0.2) is 29.3 Å². The van der Waals surface area contributed by atoms with Crippen molar-refractivity contribution in [2.45, 2.75) is 32.7 Å². The van der Waals surface area contributed by atoms with Crippen LogP contribution in [0.3, 0.4) is 0 Å². The zero-order valence-corrected chi connectivity index (χ0v) is 14.9. The third kappa shape index (κ3) is 3.67. The molecular formula is C18H24N4S. The summed E-state index contributed by atoms with van der Waals surface area (Å²) in [5.41, 5.74) is 4.84. The fourth-order valence-corrected chi connectivity index (χ4v) is 3.48. The van der Waals surface area contributed by atoms with E-state index in [1.54, 1.807) is 11.9 Å². The van der Waals surface area contributed by atoms with E-state index < -0.39 is 0 Å². The summed E-state index contributed by atoms with van der Waals surface area (Å²) in [5, 5.41) is 0. The number of rotatable bonds is 5. The predicted molar refractivity (Wildman–Crippen MR) is 98.7 cm³/mol. The Hall–Kier alpha value is -1.59. The van der Waals surface area contributed by atoms with E-state index in [1.807, 2.05) is 18.6 Å². The fourth-order valence-electron chi connectivity index (χ4n) is 2.93. The van der Waals surface area contributed by atoms with Gasteiger partial charge in [-0.1, -0.05) is 18.9 Å². The van der Waals surface area contributed by atoms with E-state index in [4.69, 9.17) is 0 Å². The second-order valence-electron chi connectivity index (χ2n) is 6.01. The van der Waals surface area contributed by atoms with Crippen LogP contribution in [0.5, 0.6) is 0 Å². The highest BCUT2D eigenvalue weighted by atomic mass is 32.2. The van der Waals surface area contributed by atoms with Crippen molar-refractivity contribution in [1.29, 1.82) is 0 Å². The molecule has 3 rings (SSSR count). The molecule has 0 radical (unpaired) electrons. The lowest BCUT2D eigenvalue weighted by molar-refractivity contribution is 0.730. The lowest BCUT2D eigenvalue weighted by atomic mass is 10.00. The van der Waals surface area contributed by atoms with Gasteiger partial charge in [0.25, 0.3) is 0 Å². The normalized spacial score (nSPS) is 15.3. The van der Waals surface area contributed by atoms with Gasteiger partial charge in [-0.05, 0) is 43.0 Å². The van der Waals surface area contributed by atoms with Gasteiger partial charge in [-0.25, -0.2) is 4.98 Å². The first kappa shape index (κ1) is 16.3. The van der Waals surface area contributed by atoms with Crippen LogP contribution in [0.1, 0.15) is 37.4 Å². The topological polar surface area (TPSA) is 41.1 Å². The molecule has 0 spiro atoms. The average molecular weight is 328 g/mol. The maximum atomic E-state index is 4.68. The Bertz CT molecular complexity index is 674. The Morgan fingerprint density at radius 1 is 1.26 bits per heavy atom. The molecule has 23 heavy (non-hydrogen) atoms. The molecule has 4 nitrogen and oxygen atoms in total. The molecule has 122 valence electrons. The first-order valence-corrected chi connectivity index (χ1v) is 9.20. The summed E-state index contributed by atoms with van der Waals surface area (Å²) in [5.74, 6) is 2.18. The first-order valence-electron chi connectivity index (χ1n) is 8.21. The Morgan fingerprint density at radius 2 is 2.09 bits per heavy atom. The molecule has 0 fully saturated rings. The van der Waals surface area contributed by atoms with Crippen LogP contribution in [0.4, 0.5) is 5.82 Å². The third-order valence-corrected chi connectivity index (χ3v) is 5.05. The van der Waals surface area contributed by atoms with Crippen molar-refractivity contribution in [3.05, 3.63) is 41.9 Å². The lowest BCUT2D eigenvalue weighted by Crippen LogP contribution is -2.25. The number of aromatic nitrogens is 2. The number of pyridine rings is 2. The molecule has 0 amide bonds. The van der Waals surface area contributed by atoms with Gasteiger partial charge in [-0.2, -0.15) is 0 Å². The van der Waals surface area contributed by atoms with E-state index in [2.05, 4.69) is 52.6 Å². The fraction of sp³-hybridized carbons (Fsp3) is 0.444. The smallest absolute Gasteiger partial charge is 0.131 e. The Kier molecular flexibility index (Phi) is 5.18. The average Bonchev–Trinajstić information content (AvgIpc) is 2.59. The molecule has 1 unspecified atom stereocenters. The zero-order chi connectivity index (χ0) is 16.2. The van der Waals surface area contributed by atoms with Crippen molar-refractivity contribution in [3.63, 3.8) is 0 Å². The van der Waals surface area contributed by atoms with Crippen molar-refractivity contribution in [2.75, 3.05) is 24.2 Å². The third-order valence-electron chi connectivity index (χ3n) is 4.24. The largest absolute Gasteiger partial charge is 0.359 e. The maximum absolute atomic E-state index is 4.68. The minimum Gasteiger partial charge on any atom is -0.359 e. The summed E-state index contributed by atoms with van der Waals surface area (Å²) in [4.78, 5) is 11.4. The standard InChI is InChI=1S/C18H24N4S/c1-4-23-21-13(2)15-9-16(11-19-10-15)17-8-14-6-5-7-22(3)18(14)20-12-17/h8-13,21H,4-7H2,1-3H3. The molecule has 0 aliphatic carbocycles. The van der Waals surface area contributed by atoms with Crippen molar-refractivity contribution >= 4 is 17.8 Å². The Balaban J connectivity index is 1.87. The predicted octanol–water partition coefficient (Wildman–Crippen LogP) is 3.84. The van der Waals surface area contributed by atoms with Crippen LogP contribution in [0, 0.1) is 0 Å². The molecule has 0 aromatic carbocycles. The van der Waals surface area contributed by atoms with Crippen molar-refractivity contribution in [1.82, 2.24) is 14.7 Å². The molecule has 5 heteroatoms. The van der Waals surface area contributed by atoms with Gasteiger partial charge < -0.3 is 4.90 Å². The quantitative estimate of drug-likeness (QED) is 0.845. The van der Waals surface area contributed by atoms with Crippen LogP contribution in [0.2, 0.25) is 0 Å². The second-order valence-corrected chi connectivity index (χ2v) is 7.11. The highest BCUT2D eigenvalue weighted by molar-refractivity contribution is 7.97. The van der Waals surface area contributed by atoms with Crippen LogP contribution < -0.4 is 9.62 Å². The first-order chi connectivity index (χ1) is 11.2. The summed E-state index contributed by atoms with van der Waals surface area (Å²) < 4.78 is 3.44. The highest BCUT2D eigenvalue weighted by Gasteiger charge is 2.16. The van der Waals surface area contributed by atoms with Gasteiger partial charge in [-0.3, -0.25) is 9.71 Å². The number of fused-ring (bicyclic) bond motifs is 1. The number of hydrogen-bond donors (Lipinski definition) is 1. The lowest BCUT2D eigenvalue weighted by Gasteiger charge is -2.26. The van der Waals surface area contributed by atoms with E-state index in [0.29, 0.717) is 0 Å². The second kappa shape index (κ2) is 7.32.